The third kappa shape index (κ3) is 6.24. The zero-order chi connectivity index (χ0) is 21.1. The molecule has 0 amide bonds. The van der Waals surface area contributed by atoms with Gasteiger partial charge in [0.1, 0.15) is 0 Å². The third-order valence-corrected chi connectivity index (χ3v) is 4.87. The maximum absolute atomic E-state index is 12.8. The van der Waals surface area contributed by atoms with Crippen molar-refractivity contribution in [1.82, 2.24) is 14.7 Å². The average molecular weight is 430 g/mol. The highest BCUT2D eigenvalue weighted by atomic mass is 32.2. The molecule has 1 aromatic rings. The first-order valence-corrected chi connectivity index (χ1v) is 9.85. The van der Waals surface area contributed by atoms with Crippen molar-refractivity contribution in [3.05, 3.63) is 18.2 Å². The van der Waals surface area contributed by atoms with Gasteiger partial charge in [-0.2, -0.15) is 13.2 Å². The number of carboxylic acids is 1. The smallest absolute Gasteiger partial charge is 0.475 e. The van der Waals surface area contributed by atoms with E-state index in [1.807, 2.05) is 4.90 Å². The Labute approximate surface area is 157 Å². The van der Waals surface area contributed by atoms with E-state index in [2.05, 4.69) is 14.7 Å². The highest BCUT2D eigenvalue weighted by Gasteiger charge is 2.44. The molecule has 158 valence electrons. The van der Waals surface area contributed by atoms with Crippen molar-refractivity contribution in [1.29, 1.82) is 0 Å². The van der Waals surface area contributed by atoms with E-state index in [1.165, 1.54) is 0 Å². The van der Waals surface area contributed by atoms with Crippen molar-refractivity contribution in [2.24, 2.45) is 11.8 Å². The summed E-state index contributed by atoms with van der Waals surface area (Å²) in [5.74, 6) is -2.38. The van der Waals surface area contributed by atoms with E-state index in [-0.39, 0.29) is 17.9 Å². The number of aromatic nitrogens is 2. The Balaban J connectivity index is 0.000000345. The molecule has 1 aromatic heterocycles. The molecule has 3 rings (SSSR count). The van der Waals surface area contributed by atoms with Crippen LogP contribution >= 0.6 is 0 Å². The molecule has 2 aliphatic rings. The fraction of sp³-hybridized carbons (Fsp3) is 0.643. The molecule has 3 atom stereocenters. The van der Waals surface area contributed by atoms with Crippen molar-refractivity contribution < 1.29 is 40.6 Å². The van der Waals surface area contributed by atoms with Gasteiger partial charge in [0.15, 0.2) is 5.82 Å². The van der Waals surface area contributed by atoms with Gasteiger partial charge in [0.05, 0.1) is 31.4 Å². The van der Waals surface area contributed by atoms with Crippen LogP contribution in [0.3, 0.4) is 0 Å². The summed E-state index contributed by atoms with van der Waals surface area (Å²) in [6, 6.07) is 0. The topological polar surface area (TPSA) is 122 Å². The molecule has 0 saturated carbocycles. The second-order valence-corrected chi connectivity index (χ2v) is 8.16. The lowest BCUT2D eigenvalue weighted by Crippen LogP contribution is -2.33. The van der Waals surface area contributed by atoms with Gasteiger partial charge in [-0.1, -0.05) is 0 Å². The van der Waals surface area contributed by atoms with Gasteiger partial charge in [-0.05, 0) is 0 Å². The predicted molar refractivity (Wildman–Crippen MR) is 87.5 cm³/mol. The number of hydrogen-bond donors (Lipinski definition) is 2. The van der Waals surface area contributed by atoms with E-state index in [0.717, 1.165) is 18.6 Å². The minimum atomic E-state index is -5.08. The van der Waals surface area contributed by atoms with Crippen molar-refractivity contribution >= 4 is 21.9 Å². The van der Waals surface area contributed by atoms with E-state index in [9.17, 15) is 26.0 Å². The van der Waals surface area contributed by atoms with Crippen LogP contribution < -0.4 is 9.62 Å². The molecule has 2 N–H and O–H groups in total. The maximum atomic E-state index is 12.8. The SMILES string of the molecule is CS(=O)(=O)NC[C@@H]1CO[C@@H]2CN(c3ncc(F)cn3)C[C@H]12.O=C(O)C(F)(F)F. The molecule has 2 fully saturated rings. The molecule has 0 spiro atoms. The molecular formula is C14H18F4N4O5S. The number of nitrogens with zero attached hydrogens (tertiary/aromatic N) is 3. The van der Waals surface area contributed by atoms with Crippen LogP contribution in [0.25, 0.3) is 0 Å². The number of rotatable bonds is 4. The number of halogens is 4. The van der Waals surface area contributed by atoms with Gasteiger partial charge in [-0.3, -0.25) is 0 Å². The second-order valence-electron chi connectivity index (χ2n) is 6.33. The largest absolute Gasteiger partial charge is 0.490 e. The maximum Gasteiger partial charge on any atom is 0.490 e. The first kappa shape index (κ1) is 22.2. The quantitative estimate of drug-likeness (QED) is 0.652. The van der Waals surface area contributed by atoms with Crippen LogP contribution in [-0.2, 0) is 19.6 Å². The van der Waals surface area contributed by atoms with Crippen LogP contribution in [0.15, 0.2) is 12.4 Å². The number of hydrogen-bond acceptors (Lipinski definition) is 7. The van der Waals surface area contributed by atoms with Crippen LogP contribution in [-0.4, -0.2) is 74.2 Å². The molecule has 28 heavy (non-hydrogen) atoms. The highest BCUT2D eigenvalue weighted by molar-refractivity contribution is 7.88. The third-order valence-electron chi connectivity index (χ3n) is 4.18. The van der Waals surface area contributed by atoms with Crippen LogP contribution in [0.4, 0.5) is 23.5 Å². The van der Waals surface area contributed by atoms with Gasteiger partial charge in [-0.15, -0.1) is 0 Å². The van der Waals surface area contributed by atoms with E-state index in [1.54, 1.807) is 0 Å². The number of aliphatic carboxylic acids is 1. The number of alkyl halides is 3. The summed E-state index contributed by atoms with van der Waals surface area (Å²) < 4.78 is 75.2. The number of fused-ring (bicyclic) bond motifs is 1. The van der Waals surface area contributed by atoms with Gasteiger partial charge in [0.2, 0.25) is 16.0 Å². The Morgan fingerprint density at radius 2 is 1.93 bits per heavy atom. The van der Waals surface area contributed by atoms with Gasteiger partial charge in [0, 0.05) is 31.5 Å². The highest BCUT2D eigenvalue weighted by Crippen LogP contribution is 2.34. The molecule has 0 aromatic carbocycles. The fourth-order valence-corrected chi connectivity index (χ4v) is 3.42. The summed E-state index contributed by atoms with van der Waals surface area (Å²) in [5.41, 5.74) is 0. The predicted octanol–water partition coefficient (Wildman–Crippen LogP) is 0.249. The molecule has 0 unspecified atom stereocenters. The molecular weight excluding hydrogens is 412 g/mol. The van der Waals surface area contributed by atoms with Gasteiger partial charge in [-0.25, -0.2) is 32.3 Å². The first-order chi connectivity index (χ1) is 12.9. The number of carboxylic acid groups (broad SMARTS) is 1. The first-order valence-electron chi connectivity index (χ1n) is 7.95. The Morgan fingerprint density at radius 3 is 2.43 bits per heavy atom. The zero-order valence-electron chi connectivity index (χ0n) is 14.6. The van der Waals surface area contributed by atoms with Crippen LogP contribution in [0.1, 0.15) is 0 Å². The van der Waals surface area contributed by atoms with E-state index < -0.39 is 28.0 Å². The van der Waals surface area contributed by atoms with E-state index in [4.69, 9.17) is 14.6 Å². The standard InChI is InChI=1S/C12H17FN4O3S.C2HF3O2/c1-21(18,19)16-2-8-7-20-11-6-17(5-10(8)11)12-14-3-9(13)4-15-12;3-2(4,5)1(6)7/h3-4,8,10-11,16H,2,5-7H2,1H3;(H,6,7)/t8-,10-,11-;/m1./s1. The van der Waals surface area contributed by atoms with Crippen molar-refractivity contribution in [2.45, 2.75) is 12.3 Å². The summed E-state index contributed by atoms with van der Waals surface area (Å²) >= 11 is 0. The van der Waals surface area contributed by atoms with Crippen molar-refractivity contribution in [3.8, 4) is 0 Å². The molecule has 3 heterocycles. The molecule has 0 bridgehead atoms. The summed E-state index contributed by atoms with van der Waals surface area (Å²) in [6.07, 6.45) is -1.61. The minimum Gasteiger partial charge on any atom is -0.475 e. The summed E-state index contributed by atoms with van der Waals surface area (Å²) in [6.45, 7) is 2.26. The molecule has 9 nitrogen and oxygen atoms in total. The monoisotopic (exact) mass is 430 g/mol. The summed E-state index contributed by atoms with van der Waals surface area (Å²) in [5, 5.41) is 7.12. The Morgan fingerprint density at radius 1 is 1.36 bits per heavy atom. The Kier molecular flexibility index (Phi) is 6.77. The molecule has 2 aliphatic heterocycles. The zero-order valence-corrected chi connectivity index (χ0v) is 15.4. The fourth-order valence-electron chi connectivity index (χ4n) is 2.90. The van der Waals surface area contributed by atoms with Crippen molar-refractivity contribution in [2.75, 3.05) is 37.4 Å². The van der Waals surface area contributed by atoms with Gasteiger partial charge < -0.3 is 14.7 Å². The number of ether oxygens (including phenoxy) is 1. The van der Waals surface area contributed by atoms with Gasteiger partial charge in [0.25, 0.3) is 0 Å². The lowest BCUT2D eigenvalue weighted by Gasteiger charge is -2.19. The number of carbonyl (C=O) groups is 1. The lowest BCUT2D eigenvalue weighted by atomic mass is 9.93. The van der Waals surface area contributed by atoms with Crippen LogP contribution in [0.5, 0.6) is 0 Å². The molecule has 0 radical (unpaired) electrons. The van der Waals surface area contributed by atoms with Crippen LogP contribution in [0, 0.1) is 17.7 Å². The average Bonchev–Trinajstić information content (AvgIpc) is 3.13. The normalized spacial score (nSPS) is 24.5. The lowest BCUT2D eigenvalue weighted by molar-refractivity contribution is -0.192. The van der Waals surface area contributed by atoms with Crippen LogP contribution in [0.2, 0.25) is 0 Å². The number of nitrogens with one attached hydrogen (secondary N) is 1. The minimum absolute atomic E-state index is 0.0463. The molecule has 0 aliphatic carbocycles. The Hall–Kier alpha value is -2.06. The van der Waals surface area contributed by atoms with E-state index >= 15 is 0 Å². The Bertz CT molecular complexity index is 790. The molecule has 14 heteroatoms. The molecule has 2 saturated heterocycles. The van der Waals surface area contributed by atoms with Crippen molar-refractivity contribution in [3.63, 3.8) is 0 Å². The second kappa shape index (κ2) is 8.53. The number of anilines is 1. The summed E-state index contributed by atoms with van der Waals surface area (Å²) in [4.78, 5) is 18.8. The summed E-state index contributed by atoms with van der Waals surface area (Å²) in [7, 11) is -3.20. The van der Waals surface area contributed by atoms with Gasteiger partial charge >= 0.3 is 12.1 Å². The van der Waals surface area contributed by atoms with E-state index in [0.29, 0.717) is 32.2 Å². The number of sulfonamides is 1.